The Morgan fingerprint density at radius 3 is 2.41 bits per heavy atom. The highest BCUT2D eigenvalue weighted by molar-refractivity contribution is 9.10. The van der Waals surface area contributed by atoms with Gasteiger partial charge in [0.05, 0.1) is 23.0 Å². The van der Waals surface area contributed by atoms with E-state index in [-0.39, 0.29) is 9.92 Å². The lowest BCUT2D eigenvalue weighted by Crippen LogP contribution is -2.58. The van der Waals surface area contributed by atoms with Gasteiger partial charge < -0.3 is 0 Å². The topological polar surface area (TPSA) is 37.4 Å². The van der Waals surface area contributed by atoms with Crippen molar-refractivity contribution < 1.29 is 17.2 Å². The summed E-state index contributed by atoms with van der Waals surface area (Å²) in [5.74, 6) is -2.92. The van der Waals surface area contributed by atoms with Crippen LogP contribution in [0.15, 0.2) is 27.6 Å². The van der Waals surface area contributed by atoms with Crippen molar-refractivity contribution >= 4 is 37.6 Å². The molecule has 0 saturated carbocycles. The van der Waals surface area contributed by atoms with Crippen molar-refractivity contribution in [3.8, 4) is 0 Å². The highest BCUT2D eigenvalue weighted by Crippen LogP contribution is 2.33. The maximum Gasteiger partial charge on any atom is 0.275 e. The number of rotatable bonds is 2. The maximum absolute atomic E-state index is 12.6. The van der Waals surface area contributed by atoms with Gasteiger partial charge in [0.15, 0.2) is 0 Å². The first-order chi connectivity index (χ1) is 7.72. The van der Waals surface area contributed by atoms with Crippen molar-refractivity contribution in [3.05, 3.63) is 27.7 Å². The summed E-state index contributed by atoms with van der Waals surface area (Å²) in [5.41, 5.74) is 0. The van der Waals surface area contributed by atoms with Crippen molar-refractivity contribution in [2.24, 2.45) is 0 Å². The number of nitrogens with zero attached hydrogens (tertiary/aromatic N) is 1. The molecule has 1 fully saturated rings. The number of benzene rings is 1. The van der Waals surface area contributed by atoms with E-state index in [1.807, 2.05) is 0 Å². The molecule has 2 rings (SSSR count). The summed E-state index contributed by atoms with van der Waals surface area (Å²) < 4.78 is 50.3. The number of hydrogen-bond acceptors (Lipinski definition) is 2. The fraction of sp³-hybridized carbons (Fsp3) is 0.333. The van der Waals surface area contributed by atoms with Crippen LogP contribution in [0.1, 0.15) is 0 Å². The summed E-state index contributed by atoms with van der Waals surface area (Å²) >= 11 is 8.89. The number of alkyl halides is 2. The summed E-state index contributed by atoms with van der Waals surface area (Å²) in [6, 6.07) is 4.02. The molecule has 0 atom stereocenters. The first-order valence-corrected chi connectivity index (χ1v) is 7.16. The normalized spacial score (nSPS) is 20.0. The minimum absolute atomic E-state index is 0.0822. The van der Waals surface area contributed by atoms with Crippen molar-refractivity contribution in [2.45, 2.75) is 10.8 Å². The summed E-state index contributed by atoms with van der Waals surface area (Å²) in [6.45, 7) is -1.55. The minimum Gasteiger partial charge on any atom is -0.207 e. The molecule has 0 spiro atoms. The fourth-order valence-corrected chi connectivity index (χ4v) is 3.44. The SMILES string of the molecule is O=S(=O)(c1ccc(Br)c(Cl)c1)N1CC(F)(F)C1. The van der Waals surface area contributed by atoms with Gasteiger partial charge in [-0.25, -0.2) is 17.2 Å². The second kappa shape index (κ2) is 4.15. The summed E-state index contributed by atoms with van der Waals surface area (Å²) in [5, 5.41) is 0.221. The van der Waals surface area contributed by atoms with Crippen LogP contribution in [0.2, 0.25) is 5.02 Å². The van der Waals surface area contributed by atoms with E-state index >= 15 is 0 Å². The Balaban J connectivity index is 2.30. The van der Waals surface area contributed by atoms with Gasteiger partial charge in [-0.15, -0.1) is 0 Å². The van der Waals surface area contributed by atoms with Crippen molar-refractivity contribution in [1.29, 1.82) is 0 Å². The molecule has 0 N–H and O–H groups in total. The molecule has 1 aliphatic rings. The highest BCUT2D eigenvalue weighted by atomic mass is 79.9. The smallest absolute Gasteiger partial charge is 0.207 e. The average Bonchev–Trinajstić information content (AvgIpc) is 2.18. The Hall–Kier alpha value is -0.240. The molecule has 1 heterocycles. The number of sulfonamides is 1. The van der Waals surface area contributed by atoms with Crippen LogP contribution < -0.4 is 0 Å². The molecule has 94 valence electrons. The Kier molecular flexibility index (Phi) is 3.22. The van der Waals surface area contributed by atoms with Crippen LogP contribution in [0, 0.1) is 0 Å². The van der Waals surface area contributed by atoms with Crippen molar-refractivity contribution in [3.63, 3.8) is 0 Å². The van der Waals surface area contributed by atoms with E-state index in [2.05, 4.69) is 15.9 Å². The van der Waals surface area contributed by atoms with E-state index in [0.717, 1.165) is 4.31 Å². The van der Waals surface area contributed by atoms with Gasteiger partial charge in [0.25, 0.3) is 5.92 Å². The Labute approximate surface area is 111 Å². The zero-order chi connectivity index (χ0) is 12.8. The number of halogens is 4. The molecule has 17 heavy (non-hydrogen) atoms. The lowest BCUT2D eigenvalue weighted by Gasteiger charge is -2.37. The highest BCUT2D eigenvalue weighted by Gasteiger charge is 2.49. The third kappa shape index (κ3) is 2.47. The van der Waals surface area contributed by atoms with E-state index in [9.17, 15) is 17.2 Å². The van der Waals surface area contributed by atoms with Crippen LogP contribution in [0.5, 0.6) is 0 Å². The molecule has 0 radical (unpaired) electrons. The largest absolute Gasteiger partial charge is 0.275 e. The van der Waals surface area contributed by atoms with E-state index in [1.165, 1.54) is 18.2 Å². The van der Waals surface area contributed by atoms with Crippen LogP contribution in [0.4, 0.5) is 8.78 Å². The monoisotopic (exact) mass is 345 g/mol. The molecule has 0 bridgehead atoms. The summed E-state index contributed by atoms with van der Waals surface area (Å²) in [6.07, 6.45) is 0. The van der Waals surface area contributed by atoms with E-state index < -0.39 is 29.0 Å². The minimum atomic E-state index is -3.86. The van der Waals surface area contributed by atoms with Gasteiger partial charge in [-0.05, 0) is 34.1 Å². The second-order valence-electron chi connectivity index (χ2n) is 3.70. The molecule has 0 aromatic heterocycles. The van der Waals surface area contributed by atoms with Crippen molar-refractivity contribution in [1.82, 2.24) is 4.31 Å². The maximum atomic E-state index is 12.6. The van der Waals surface area contributed by atoms with Crippen molar-refractivity contribution in [2.75, 3.05) is 13.1 Å². The number of hydrogen-bond donors (Lipinski definition) is 0. The van der Waals surface area contributed by atoms with Crippen LogP contribution in [-0.2, 0) is 10.0 Å². The summed E-state index contributed by atoms with van der Waals surface area (Å²) in [4.78, 5) is -0.0822. The quantitative estimate of drug-likeness (QED) is 0.826. The Morgan fingerprint density at radius 1 is 1.35 bits per heavy atom. The molecule has 1 aromatic carbocycles. The Bertz CT molecular complexity index is 556. The molecule has 1 aliphatic heterocycles. The van der Waals surface area contributed by atoms with Gasteiger partial charge in [-0.2, -0.15) is 4.31 Å². The Morgan fingerprint density at radius 2 is 1.94 bits per heavy atom. The molecule has 1 saturated heterocycles. The third-order valence-electron chi connectivity index (χ3n) is 2.34. The zero-order valence-corrected chi connectivity index (χ0v) is 11.5. The molecule has 0 aliphatic carbocycles. The van der Waals surface area contributed by atoms with E-state index in [4.69, 9.17) is 11.6 Å². The molecule has 0 unspecified atom stereocenters. The van der Waals surface area contributed by atoms with Crippen LogP contribution >= 0.6 is 27.5 Å². The second-order valence-corrected chi connectivity index (χ2v) is 6.90. The van der Waals surface area contributed by atoms with Gasteiger partial charge in [0, 0.05) is 4.47 Å². The lowest BCUT2D eigenvalue weighted by atomic mass is 10.2. The lowest BCUT2D eigenvalue weighted by molar-refractivity contribution is -0.0945. The molecule has 8 heteroatoms. The average molecular weight is 347 g/mol. The van der Waals surface area contributed by atoms with Crippen LogP contribution in [-0.4, -0.2) is 31.7 Å². The molecular formula is C9H7BrClF2NO2S. The summed E-state index contributed by atoms with van der Waals surface area (Å²) in [7, 11) is -3.86. The standard InChI is InChI=1S/C9H7BrClF2NO2S/c10-7-2-1-6(3-8(7)11)17(15,16)14-4-9(12,13)5-14/h1-3H,4-5H2. The first kappa shape index (κ1) is 13.2. The zero-order valence-electron chi connectivity index (χ0n) is 8.33. The predicted molar refractivity (Wildman–Crippen MR) is 62.9 cm³/mol. The molecular weight excluding hydrogens is 340 g/mol. The molecule has 3 nitrogen and oxygen atoms in total. The molecule has 0 amide bonds. The van der Waals surface area contributed by atoms with Gasteiger partial charge in [0.2, 0.25) is 10.0 Å². The van der Waals surface area contributed by atoms with Crippen LogP contribution in [0.25, 0.3) is 0 Å². The molecule has 1 aromatic rings. The first-order valence-electron chi connectivity index (χ1n) is 4.55. The van der Waals surface area contributed by atoms with Gasteiger partial charge in [-0.3, -0.25) is 0 Å². The third-order valence-corrected chi connectivity index (χ3v) is 5.36. The van der Waals surface area contributed by atoms with Gasteiger partial charge in [-0.1, -0.05) is 11.6 Å². The van der Waals surface area contributed by atoms with E-state index in [1.54, 1.807) is 0 Å². The van der Waals surface area contributed by atoms with E-state index in [0.29, 0.717) is 4.47 Å². The van der Waals surface area contributed by atoms with Gasteiger partial charge >= 0.3 is 0 Å². The fourth-order valence-electron chi connectivity index (χ4n) is 1.43. The van der Waals surface area contributed by atoms with Crippen LogP contribution in [0.3, 0.4) is 0 Å². The predicted octanol–water partition coefficient (Wildman–Crippen LogP) is 2.74. The van der Waals surface area contributed by atoms with Gasteiger partial charge in [0.1, 0.15) is 0 Å².